The van der Waals surface area contributed by atoms with Gasteiger partial charge in [0.2, 0.25) is 5.91 Å². The van der Waals surface area contributed by atoms with E-state index < -0.39 is 67.1 Å². The number of methoxy groups -OCH3 is 2. The van der Waals surface area contributed by atoms with E-state index in [2.05, 4.69) is 5.32 Å². The Balaban J connectivity index is 1.32. The molecule has 2 bridgehead atoms. The topological polar surface area (TPSA) is 131 Å². The number of carbonyl (C=O) groups is 1. The number of amides is 1. The number of nitrogens with one attached hydrogen (secondary N) is 1. The number of hydrogen-bond donors (Lipinski definition) is 1. The van der Waals surface area contributed by atoms with Crippen LogP contribution in [0.5, 0.6) is 5.75 Å². The molecule has 10 atom stereocenters. The third-order valence-corrected chi connectivity index (χ3v) is 8.99. The van der Waals surface area contributed by atoms with Crippen molar-refractivity contribution >= 4 is 5.91 Å². The van der Waals surface area contributed by atoms with Crippen molar-refractivity contribution in [1.82, 2.24) is 5.32 Å². The summed E-state index contributed by atoms with van der Waals surface area (Å²) in [6.07, 6.45) is -5.57. The molecule has 0 saturated carbocycles. The zero-order valence-corrected chi connectivity index (χ0v) is 28.8. The van der Waals surface area contributed by atoms with Crippen LogP contribution in [0.15, 0.2) is 54.6 Å². The van der Waals surface area contributed by atoms with Crippen molar-refractivity contribution in [3.8, 4) is 5.75 Å². The van der Waals surface area contributed by atoms with Crippen molar-refractivity contribution < 1.29 is 56.9 Å². The first-order valence-electron chi connectivity index (χ1n) is 16.9. The Hall–Kier alpha value is -2.69. The van der Waals surface area contributed by atoms with Gasteiger partial charge in [-0.15, -0.1) is 0 Å². The lowest BCUT2D eigenvalue weighted by atomic mass is 9.95. The van der Waals surface area contributed by atoms with Crippen LogP contribution >= 0.6 is 0 Å². The van der Waals surface area contributed by atoms with Gasteiger partial charge in [-0.05, 0) is 43.5 Å². The van der Waals surface area contributed by atoms with Crippen molar-refractivity contribution in [2.45, 2.75) is 108 Å². The average molecular weight is 688 g/mol. The van der Waals surface area contributed by atoms with Gasteiger partial charge in [-0.3, -0.25) is 4.79 Å². The minimum absolute atomic E-state index is 0.154. The highest BCUT2D eigenvalue weighted by atomic mass is 16.8. The minimum atomic E-state index is -0.960. The molecule has 4 saturated heterocycles. The first-order chi connectivity index (χ1) is 23.7. The fraction of sp³-hybridized carbons (Fsp3) is 0.639. The molecule has 4 heterocycles. The lowest BCUT2D eigenvalue weighted by Crippen LogP contribution is -2.68. The van der Waals surface area contributed by atoms with Gasteiger partial charge >= 0.3 is 0 Å². The number of fused-ring (bicyclic) bond motifs is 5. The molecule has 0 aliphatic carbocycles. The van der Waals surface area contributed by atoms with E-state index >= 15 is 0 Å². The summed E-state index contributed by atoms with van der Waals surface area (Å²) in [6.45, 7) is 6.99. The zero-order valence-electron chi connectivity index (χ0n) is 28.8. The van der Waals surface area contributed by atoms with Gasteiger partial charge in [0.15, 0.2) is 18.4 Å². The summed E-state index contributed by atoms with van der Waals surface area (Å²) in [4.78, 5) is 12.5. The second kappa shape index (κ2) is 16.6. The molecule has 0 aromatic heterocycles. The van der Waals surface area contributed by atoms with Crippen molar-refractivity contribution in [3.05, 3.63) is 65.7 Å². The Morgan fingerprint density at radius 1 is 0.878 bits per heavy atom. The molecule has 270 valence electrons. The summed E-state index contributed by atoms with van der Waals surface area (Å²) in [5, 5.41) is 2.97. The highest BCUT2D eigenvalue weighted by molar-refractivity contribution is 5.73. The second-order valence-corrected chi connectivity index (χ2v) is 13.1. The molecule has 0 spiro atoms. The SMILES string of the molecule is COc1ccc(CO[C@H]2[C@@H]3O[C@H]4[C@H](OCCCOC[C@@H](O3)[C@@H]3OC(C)(C)O[C@@H]32)[C@@H](NC(C)=O)[C@H](OC)O[C@@H]4COCc2ccccc2)cc1. The van der Waals surface area contributed by atoms with Crippen LogP contribution in [-0.4, -0.2) is 114 Å². The lowest BCUT2D eigenvalue weighted by Gasteiger charge is -2.49. The van der Waals surface area contributed by atoms with Crippen LogP contribution in [0.2, 0.25) is 0 Å². The van der Waals surface area contributed by atoms with E-state index in [9.17, 15) is 4.79 Å². The van der Waals surface area contributed by atoms with Gasteiger partial charge in [-0.25, -0.2) is 0 Å². The molecule has 4 aliphatic rings. The number of rotatable bonds is 10. The van der Waals surface area contributed by atoms with Gasteiger partial charge in [-0.1, -0.05) is 42.5 Å². The molecule has 2 aromatic rings. The maximum absolute atomic E-state index is 12.5. The van der Waals surface area contributed by atoms with Gasteiger partial charge in [-0.2, -0.15) is 0 Å². The van der Waals surface area contributed by atoms with Gasteiger partial charge in [0.05, 0.1) is 33.5 Å². The fourth-order valence-corrected chi connectivity index (χ4v) is 6.76. The number of hydrogen-bond acceptors (Lipinski definition) is 12. The van der Waals surface area contributed by atoms with Crippen LogP contribution in [0.3, 0.4) is 0 Å². The Labute approximate surface area is 287 Å². The molecule has 49 heavy (non-hydrogen) atoms. The lowest BCUT2D eigenvalue weighted by molar-refractivity contribution is -0.350. The second-order valence-electron chi connectivity index (χ2n) is 13.1. The van der Waals surface area contributed by atoms with E-state index in [1.165, 1.54) is 14.0 Å². The molecule has 4 fully saturated rings. The Morgan fingerprint density at radius 2 is 1.63 bits per heavy atom. The number of carbonyl (C=O) groups excluding carboxylic acids is 1. The monoisotopic (exact) mass is 687 g/mol. The summed E-state index contributed by atoms with van der Waals surface area (Å²) >= 11 is 0. The molecular formula is C36H49NO12. The summed E-state index contributed by atoms with van der Waals surface area (Å²) < 4.78 is 69.4. The standard InChI is InChI=1S/C36H49NO12/c1-22(38)37-28-31-29(26(45-34(28)40-5)21-42-18-23-10-7-6-8-11-23)47-35-33(44-19-24-12-14-25(39-4)15-13-24)32-30(48-36(2,3)49-32)27(46-35)20-41-16-9-17-43-31/h6-8,10-15,26-35H,9,16-21H2,1-5H3,(H,37,38)/t26-,27-,28-,29-,30+,31-,32+,33-,34-,35+/m1/s1. The predicted molar refractivity (Wildman–Crippen MR) is 173 cm³/mol. The Bertz CT molecular complexity index is 1330. The molecular weight excluding hydrogens is 638 g/mol. The van der Waals surface area contributed by atoms with Crippen molar-refractivity contribution in [2.24, 2.45) is 0 Å². The normalized spacial score (nSPS) is 34.5. The summed E-state index contributed by atoms with van der Waals surface area (Å²) in [6, 6.07) is 16.8. The highest BCUT2D eigenvalue weighted by Crippen LogP contribution is 2.41. The van der Waals surface area contributed by atoms with Gasteiger partial charge in [0.1, 0.15) is 54.5 Å². The van der Waals surface area contributed by atoms with E-state index in [0.717, 1.165) is 16.9 Å². The van der Waals surface area contributed by atoms with Crippen molar-refractivity contribution in [2.75, 3.05) is 40.6 Å². The quantitative estimate of drug-likeness (QED) is 0.394. The average Bonchev–Trinajstić information content (AvgIpc) is 3.42. The van der Waals surface area contributed by atoms with E-state index in [1.54, 1.807) is 7.11 Å². The first-order valence-corrected chi connectivity index (χ1v) is 16.9. The van der Waals surface area contributed by atoms with Crippen LogP contribution in [0.25, 0.3) is 0 Å². The molecule has 13 nitrogen and oxygen atoms in total. The Kier molecular flexibility index (Phi) is 12.2. The van der Waals surface area contributed by atoms with Crippen LogP contribution < -0.4 is 10.1 Å². The fourth-order valence-electron chi connectivity index (χ4n) is 6.76. The van der Waals surface area contributed by atoms with E-state index in [-0.39, 0.29) is 25.7 Å². The smallest absolute Gasteiger partial charge is 0.217 e. The van der Waals surface area contributed by atoms with Gasteiger partial charge in [0.25, 0.3) is 0 Å². The molecule has 1 N–H and O–H groups in total. The van der Waals surface area contributed by atoms with Crippen molar-refractivity contribution in [1.29, 1.82) is 0 Å². The molecule has 4 aliphatic heterocycles. The maximum Gasteiger partial charge on any atom is 0.217 e. The molecule has 6 rings (SSSR count). The van der Waals surface area contributed by atoms with Crippen LogP contribution in [0, 0.1) is 0 Å². The molecule has 0 unspecified atom stereocenters. The van der Waals surface area contributed by atoms with Crippen LogP contribution in [-0.2, 0) is 65.4 Å². The van der Waals surface area contributed by atoms with E-state index in [0.29, 0.717) is 26.2 Å². The minimum Gasteiger partial charge on any atom is -0.497 e. The van der Waals surface area contributed by atoms with E-state index in [1.807, 2.05) is 68.4 Å². The number of benzene rings is 2. The van der Waals surface area contributed by atoms with Crippen LogP contribution in [0.1, 0.15) is 38.3 Å². The predicted octanol–water partition coefficient (Wildman–Crippen LogP) is 3.11. The molecule has 1 amide bonds. The number of ether oxygens (including phenoxy) is 11. The van der Waals surface area contributed by atoms with Crippen LogP contribution in [0.4, 0.5) is 0 Å². The van der Waals surface area contributed by atoms with Gasteiger partial charge in [0, 0.05) is 27.2 Å². The molecule has 0 radical (unpaired) electrons. The highest BCUT2D eigenvalue weighted by Gasteiger charge is 2.58. The maximum atomic E-state index is 12.5. The first kappa shape index (κ1) is 36.1. The third-order valence-electron chi connectivity index (χ3n) is 8.99. The van der Waals surface area contributed by atoms with E-state index in [4.69, 9.17) is 52.1 Å². The zero-order chi connectivity index (χ0) is 34.4. The third kappa shape index (κ3) is 8.98. The summed E-state index contributed by atoms with van der Waals surface area (Å²) in [7, 11) is 3.16. The van der Waals surface area contributed by atoms with Crippen molar-refractivity contribution in [3.63, 3.8) is 0 Å². The molecule has 13 heteroatoms. The summed E-state index contributed by atoms with van der Waals surface area (Å²) in [5.74, 6) is -0.407. The Morgan fingerprint density at radius 3 is 2.37 bits per heavy atom. The molecule has 2 aromatic carbocycles. The summed E-state index contributed by atoms with van der Waals surface area (Å²) in [5.41, 5.74) is 1.94. The van der Waals surface area contributed by atoms with Gasteiger partial charge < -0.3 is 57.4 Å². The largest absolute Gasteiger partial charge is 0.497 e.